The Balaban J connectivity index is 1.69. The highest BCUT2D eigenvalue weighted by molar-refractivity contribution is 6.32. The number of methoxy groups -OCH3 is 1. The number of Topliss-reactive ketones (excluding diaryl/α,β-unsaturated/α-hetero) is 2. The molecule has 0 unspecified atom stereocenters. The summed E-state index contributed by atoms with van der Waals surface area (Å²) >= 11 is 0. The molecule has 0 N–H and O–H groups in total. The number of nitrogens with zero attached hydrogens (tertiary/aromatic N) is 1. The summed E-state index contributed by atoms with van der Waals surface area (Å²) in [6.07, 6.45) is 3.73. The molecule has 0 radical (unpaired) electrons. The van der Waals surface area contributed by atoms with Gasteiger partial charge in [0.05, 0.1) is 13.2 Å². The average Bonchev–Trinajstić information content (AvgIpc) is 3.31. The fourth-order valence-corrected chi connectivity index (χ4v) is 6.05. The fraction of sp³-hybridized carbons (Fsp3) is 0.179. The molecule has 34 heavy (non-hydrogen) atoms. The van der Waals surface area contributed by atoms with Crippen molar-refractivity contribution in [3.63, 3.8) is 0 Å². The third kappa shape index (κ3) is 2.45. The van der Waals surface area contributed by atoms with Gasteiger partial charge in [0.15, 0.2) is 11.6 Å². The number of hydrogen-bond acceptors (Lipinski definition) is 5. The lowest BCUT2D eigenvalue weighted by atomic mass is 9.65. The molecule has 0 aromatic heterocycles. The van der Waals surface area contributed by atoms with E-state index in [1.165, 1.54) is 19.2 Å². The Morgan fingerprint density at radius 3 is 2.18 bits per heavy atom. The standard InChI is InChI=1S/C28H20FNO4/c1-34-27(33)24-23(17-10-13-18(29)14-11-17)28(25(31)19-7-3-4-8-20(19)26(28)32)22-15-12-16-6-2-5-9-21(16)30(22)24/h2-15,22-24H,1H3/t22-,23-,24-/m0/s1. The molecular formula is C28H20FNO4. The van der Waals surface area contributed by atoms with Gasteiger partial charge in [-0.15, -0.1) is 0 Å². The second-order valence-corrected chi connectivity index (χ2v) is 8.84. The first-order valence-electron chi connectivity index (χ1n) is 11.1. The number of benzene rings is 3. The third-order valence-electron chi connectivity index (χ3n) is 7.38. The Bertz CT molecular complexity index is 1360. The maximum atomic E-state index is 14.2. The van der Waals surface area contributed by atoms with Crippen molar-refractivity contribution in [2.45, 2.75) is 18.0 Å². The van der Waals surface area contributed by atoms with Crippen LogP contribution < -0.4 is 4.90 Å². The van der Waals surface area contributed by atoms with E-state index in [-0.39, 0.29) is 11.6 Å². The normalized spacial score (nSPS) is 23.6. The number of carbonyl (C=O) groups is 3. The smallest absolute Gasteiger partial charge is 0.329 e. The molecule has 0 amide bonds. The largest absolute Gasteiger partial charge is 0.467 e. The minimum Gasteiger partial charge on any atom is -0.467 e. The maximum Gasteiger partial charge on any atom is 0.329 e. The summed E-state index contributed by atoms with van der Waals surface area (Å²) in [4.78, 5) is 43.6. The van der Waals surface area contributed by atoms with Gasteiger partial charge < -0.3 is 9.64 Å². The minimum absolute atomic E-state index is 0.326. The first kappa shape index (κ1) is 20.5. The highest BCUT2D eigenvalue weighted by Gasteiger charge is 2.71. The van der Waals surface area contributed by atoms with E-state index < -0.39 is 35.2 Å². The van der Waals surface area contributed by atoms with E-state index in [9.17, 15) is 18.8 Å². The number of hydrogen-bond donors (Lipinski definition) is 0. The summed E-state index contributed by atoms with van der Waals surface area (Å²) < 4.78 is 19.1. The second kappa shape index (κ2) is 7.22. The van der Waals surface area contributed by atoms with Crippen LogP contribution in [0.15, 0.2) is 78.9 Å². The predicted octanol–water partition coefficient (Wildman–Crippen LogP) is 4.43. The topological polar surface area (TPSA) is 63.7 Å². The lowest BCUT2D eigenvalue weighted by Crippen LogP contribution is -2.48. The van der Waals surface area contributed by atoms with Crippen molar-refractivity contribution in [1.29, 1.82) is 0 Å². The maximum absolute atomic E-state index is 14.2. The predicted molar refractivity (Wildman–Crippen MR) is 124 cm³/mol. The number of halogens is 1. The number of rotatable bonds is 2. The van der Waals surface area contributed by atoms with Crippen molar-refractivity contribution < 1.29 is 23.5 Å². The van der Waals surface area contributed by atoms with Gasteiger partial charge in [0.1, 0.15) is 17.3 Å². The van der Waals surface area contributed by atoms with Gasteiger partial charge in [0, 0.05) is 22.7 Å². The highest BCUT2D eigenvalue weighted by atomic mass is 19.1. The molecule has 3 aliphatic rings. The Morgan fingerprint density at radius 1 is 0.912 bits per heavy atom. The molecular weight excluding hydrogens is 433 g/mol. The Labute approximate surface area is 195 Å². The van der Waals surface area contributed by atoms with Crippen LogP contribution in [0.4, 0.5) is 10.1 Å². The molecule has 6 rings (SSSR count). The van der Waals surface area contributed by atoms with Crippen molar-refractivity contribution in [3.05, 3.63) is 107 Å². The average molecular weight is 453 g/mol. The first-order valence-corrected chi connectivity index (χ1v) is 11.1. The van der Waals surface area contributed by atoms with Crippen LogP contribution in [0, 0.1) is 11.2 Å². The van der Waals surface area contributed by atoms with Crippen molar-refractivity contribution in [2.24, 2.45) is 5.41 Å². The number of ether oxygens (including phenoxy) is 1. The molecule has 3 aromatic rings. The van der Waals surface area contributed by atoms with E-state index in [1.54, 1.807) is 36.4 Å². The number of para-hydroxylation sites is 1. The highest BCUT2D eigenvalue weighted by Crippen LogP contribution is 2.60. The Hall–Kier alpha value is -4.06. The SMILES string of the molecule is COC(=O)[C@@H]1[C@H](c2ccc(F)cc2)C2(C(=O)c3ccccc3C2=O)[C@@H]2C=Cc3ccccc3N12. The zero-order valence-electron chi connectivity index (χ0n) is 18.3. The Kier molecular flexibility index (Phi) is 4.36. The summed E-state index contributed by atoms with van der Waals surface area (Å²) in [5.41, 5.74) is 1.25. The van der Waals surface area contributed by atoms with Crippen molar-refractivity contribution in [2.75, 3.05) is 12.0 Å². The van der Waals surface area contributed by atoms with Crippen LogP contribution >= 0.6 is 0 Å². The van der Waals surface area contributed by atoms with Gasteiger partial charge in [-0.3, -0.25) is 9.59 Å². The van der Waals surface area contributed by atoms with Gasteiger partial charge in [-0.25, -0.2) is 9.18 Å². The van der Waals surface area contributed by atoms with E-state index in [0.29, 0.717) is 16.7 Å². The zero-order chi connectivity index (χ0) is 23.6. The Morgan fingerprint density at radius 2 is 1.53 bits per heavy atom. The van der Waals surface area contributed by atoms with Crippen LogP contribution in [0.1, 0.15) is 37.8 Å². The van der Waals surface area contributed by atoms with Gasteiger partial charge in [0.2, 0.25) is 0 Å². The quantitative estimate of drug-likeness (QED) is 0.424. The summed E-state index contributed by atoms with van der Waals surface area (Å²) in [6, 6.07) is 18.3. The molecule has 5 nitrogen and oxygen atoms in total. The van der Waals surface area contributed by atoms with E-state index in [4.69, 9.17) is 4.74 Å². The number of esters is 1. The van der Waals surface area contributed by atoms with Crippen LogP contribution in [-0.2, 0) is 9.53 Å². The zero-order valence-corrected chi connectivity index (χ0v) is 18.3. The number of fused-ring (bicyclic) bond motifs is 5. The van der Waals surface area contributed by atoms with E-state index in [2.05, 4.69) is 0 Å². The summed E-state index contributed by atoms with van der Waals surface area (Å²) in [5.74, 6) is -2.53. The van der Waals surface area contributed by atoms with Gasteiger partial charge >= 0.3 is 5.97 Å². The van der Waals surface area contributed by atoms with Crippen LogP contribution in [-0.4, -0.2) is 36.7 Å². The first-order chi connectivity index (χ1) is 16.5. The monoisotopic (exact) mass is 453 g/mol. The molecule has 1 aliphatic carbocycles. The molecule has 1 saturated heterocycles. The van der Waals surface area contributed by atoms with Crippen LogP contribution in [0.3, 0.4) is 0 Å². The van der Waals surface area contributed by atoms with Crippen LogP contribution in [0.25, 0.3) is 6.08 Å². The number of carbonyl (C=O) groups excluding carboxylic acids is 3. The van der Waals surface area contributed by atoms with E-state index in [0.717, 1.165) is 11.3 Å². The van der Waals surface area contributed by atoms with Gasteiger partial charge in [-0.1, -0.05) is 66.7 Å². The number of ketones is 2. The van der Waals surface area contributed by atoms with Crippen molar-refractivity contribution >= 4 is 29.3 Å². The van der Waals surface area contributed by atoms with Gasteiger partial charge in [-0.2, -0.15) is 0 Å². The van der Waals surface area contributed by atoms with E-state index in [1.807, 2.05) is 41.3 Å². The molecule has 2 heterocycles. The lowest BCUT2D eigenvalue weighted by molar-refractivity contribution is -0.142. The second-order valence-electron chi connectivity index (χ2n) is 8.84. The molecule has 3 aromatic carbocycles. The van der Waals surface area contributed by atoms with Crippen molar-refractivity contribution in [3.8, 4) is 0 Å². The summed E-state index contributed by atoms with van der Waals surface area (Å²) in [5, 5.41) is 0. The van der Waals surface area contributed by atoms with Gasteiger partial charge in [-0.05, 0) is 29.3 Å². The lowest BCUT2D eigenvalue weighted by Gasteiger charge is -2.36. The van der Waals surface area contributed by atoms with Crippen molar-refractivity contribution in [1.82, 2.24) is 0 Å². The van der Waals surface area contributed by atoms with Crippen LogP contribution in [0.5, 0.6) is 0 Å². The minimum atomic E-state index is -1.59. The molecule has 3 atom stereocenters. The molecule has 0 saturated carbocycles. The molecule has 6 heteroatoms. The molecule has 168 valence electrons. The molecule has 2 aliphatic heterocycles. The third-order valence-corrected chi connectivity index (χ3v) is 7.38. The molecule has 0 bridgehead atoms. The van der Waals surface area contributed by atoms with Crippen LogP contribution in [0.2, 0.25) is 0 Å². The summed E-state index contributed by atoms with van der Waals surface area (Å²) in [6.45, 7) is 0. The molecule has 1 fully saturated rings. The summed E-state index contributed by atoms with van der Waals surface area (Å²) in [7, 11) is 1.29. The van der Waals surface area contributed by atoms with Gasteiger partial charge in [0.25, 0.3) is 0 Å². The van der Waals surface area contributed by atoms with E-state index >= 15 is 0 Å². The fourth-order valence-electron chi connectivity index (χ4n) is 6.05. The number of anilines is 1. The molecule has 1 spiro atoms.